The van der Waals surface area contributed by atoms with Crippen LogP contribution in [0.2, 0.25) is 0 Å². The van der Waals surface area contributed by atoms with Gasteiger partial charge in [-0.2, -0.15) is 0 Å². The van der Waals surface area contributed by atoms with E-state index in [0.29, 0.717) is 17.6 Å². The second kappa shape index (κ2) is 4.57. The van der Waals surface area contributed by atoms with Gasteiger partial charge in [-0.3, -0.25) is 0 Å². The van der Waals surface area contributed by atoms with E-state index in [2.05, 4.69) is 9.88 Å². The summed E-state index contributed by atoms with van der Waals surface area (Å²) in [5, 5.41) is 0. The number of aromatic nitrogens is 1. The predicted octanol–water partition coefficient (Wildman–Crippen LogP) is 0.861. The molecular weight excluding hydrogens is 204 g/mol. The van der Waals surface area contributed by atoms with Gasteiger partial charge in [-0.1, -0.05) is 0 Å². The van der Waals surface area contributed by atoms with Crippen molar-refractivity contribution in [3.63, 3.8) is 0 Å². The molecule has 2 rings (SSSR count). The average Bonchev–Trinajstić information content (AvgIpc) is 2.33. The second-order valence-corrected chi connectivity index (χ2v) is 4.07. The third-order valence-electron chi connectivity index (χ3n) is 3.04. The molecule has 1 aromatic heterocycles. The van der Waals surface area contributed by atoms with Gasteiger partial charge in [0.25, 0.3) is 0 Å². The molecule has 0 aliphatic carbocycles. The molecule has 0 atom stereocenters. The molecule has 1 fully saturated rings. The number of nitrogens with two attached hydrogens (primary N) is 2. The number of nitrogens with zero attached hydrogens (tertiary/aromatic N) is 2. The Hall–Kier alpha value is -1.49. The Balaban J connectivity index is 2.05. The van der Waals surface area contributed by atoms with Crippen molar-refractivity contribution in [1.29, 1.82) is 0 Å². The van der Waals surface area contributed by atoms with Crippen LogP contribution in [-0.2, 0) is 4.74 Å². The van der Waals surface area contributed by atoms with E-state index in [-0.39, 0.29) is 0 Å². The van der Waals surface area contributed by atoms with Gasteiger partial charge in [-0.15, -0.1) is 0 Å². The van der Waals surface area contributed by atoms with Gasteiger partial charge >= 0.3 is 0 Å². The molecule has 1 saturated heterocycles. The molecule has 0 amide bonds. The number of nitrogen functional groups attached to an aromatic ring is 2. The van der Waals surface area contributed by atoms with Crippen molar-refractivity contribution in [1.82, 2.24) is 4.98 Å². The van der Waals surface area contributed by atoms with Gasteiger partial charge in [0, 0.05) is 20.2 Å². The molecule has 0 saturated carbocycles. The lowest BCUT2D eigenvalue weighted by Gasteiger charge is -2.32. The summed E-state index contributed by atoms with van der Waals surface area (Å²) in [5.41, 5.74) is 11.9. The van der Waals surface area contributed by atoms with Crippen LogP contribution in [0.25, 0.3) is 0 Å². The number of ether oxygens (including phenoxy) is 1. The van der Waals surface area contributed by atoms with E-state index in [0.717, 1.165) is 31.7 Å². The van der Waals surface area contributed by atoms with E-state index in [1.165, 1.54) is 0 Å². The van der Waals surface area contributed by atoms with Crippen molar-refractivity contribution < 1.29 is 4.74 Å². The van der Waals surface area contributed by atoms with Crippen LogP contribution >= 0.6 is 0 Å². The predicted molar refractivity (Wildman–Crippen MR) is 65.3 cm³/mol. The molecule has 0 unspecified atom stereocenters. The Bertz CT molecular complexity index is 361. The van der Waals surface area contributed by atoms with Gasteiger partial charge in [0.2, 0.25) is 0 Å². The first-order valence-electron chi connectivity index (χ1n) is 5.50. The largest absolute Gasteiger partial charge is 0.396 e. The molecule has 4 N–H and O–H groups in total. The zero-order chi connectivity index (χ0) is 11.5. The Morgan fingerprint density at radius 2 is 2.00 bits per heavy atom. The van der Waals surface area contributed by atoms with E-state index in [4.69, 9.17) is 16.2 Å². The Kier molecular flexibility index (Phi) is 3.14. The summed E-state index contributed by atoms with van der Waals surface area (Å²) in [4.78, 5) is 6.50. The van der Waals surface area contributed by atoms with Gasteiger partial charge in [-0.05, 0) is 25.0 Å². The zero-order valence-corrected chi connectivity index (χ0v) is 9.52. The van der Waals surface area contributed by atoms with E-state index in [1.807, 2.05) is 6.07 Å². The van der Waals surface area contributed by atoms with Gasteiger partial charge < -0.3 is 21.1 Å². The van der Waals surface area contributed by atoms with Crippen LogP contribution in [0.3, 0.4) is 0 Å². The monoisotopic (exact) mass is 222 g/mol. The fourth-order valence-corrected chi connectivity index (χ4v) is 1.97. The summed E-state index contributed by atoms with van der Waals surface area (Å²) in [7, 11) is 1.76. The van der Waals surface area contributed by atoms with Crippen LogP contribution in [0.1, 0.15) is 12.8 Å². The third-order valence-corrected chi connectivity index (χ3v) is 3.04. The van der Waals surface area contributed by atoms with Crippen molar-refractivity contribution in [2.75, 3.05) is 36.6 Å². The molecule has 5 heteroatoms. The maximum absolute atomic E-state index is 5.69. The molecular formula is C11H18N4O. The van der Waals surface area contributed by atoms with Crippen LogP contribution < -0.4 is 16.4 Å². The standard InChI is InChI=1S/C11H18N4O/c1-16-8-4-6-15(7-5-8)10-3-2-9(12)11(13)14-10/h2-3,8H,4-7,12H2,1H3,(H2,13,14). The number of hydrogen-bond donors (Lipinski definition) is 2. The van der Waals surface area contributed by atoms with Crippen molar-refractivity contribution in [2.24, 2.45) is 0 Å². The molecule has 0 aromatic carbocycles. The SMILES string of the molecule is COC1CCN(c2ccc(N)c(N)n2)CC1. The highest BCUT2D eigenvalue weighted by Gasteiger charge is 2.19. The molecule has 1 aromatic rings. The minimum Gasteiger partial charge on any atom is -0.396 e. The number of methoxy groups -OCH3 is 1. The molecule has 1 aliphatic rings. The van der Waals surface area contributed by atoms with Crippen LogP contribution in [0.15, 0.2) is 12.1 Å². The minimum absolute atomic E-state index is 0.377. The summed E-state index contributed by atoms with van der Waals surface area (Å²) in [6.45, 7) is 1.91. The number of pyridine rings is 1. The van der Waals surface area contributed by atoms with E-state index in [1.54, 1.807) is 13.2 Å². The molecule has 0 bridgehead atoms. The Morgan fingerprint density at radius 1 is 1.31 bits per heavy atom. The minimum atomic E-state index is 0.377. The summed E-state index contributed by atoms with van der Waals surface area (Å²) in [6, 6.07) is 3.72. The van der Waals surface area contributed by atoms with Crippen LogP contribution in [0.5, 0.6) is 0 Å². The number of hydrogen-bond acceptors (Lipinski definition) is 5. The van der Waals surface area contributed by atoms with Crippen molar-refractivity contribution in [3.05, 3.63) is 12.1 Å². The van der Waals surface area contributed by atoms with Crippen LogP contribution in [0, 0.1) is 0 Å². The third kappa shape index (κ3) is 2.19. The number of rotatable bonds is 2. The van der Waals surface area contributed by atoms with Crippen molar-refractivity contribution in [2.45, 2.75) is 18.9 Å². The van der Waals surface area contributed by atoms with Gasteiger partial charge in [0.1, 0.15) is 11.6 Å². The highest BCUT2D eigenvalue weighted by atomic mass is 16.5. The topological polar surface area (TPSA) is 77.4 Å². The zero-order valence-electron chi connectivity index (χ0n) is 9.52. The van der Waals surface area contributed by atoms with Crippen molar-refractivity contribution >= 4 is 17.3 Å². The second-order valence-electron chi connectivity index (χ2n) is 4.07. The normalized spacial score (nSPS) is 17.7. The molecule has 0 radical (unpaired) electrons. The molecule has 88 valence electrons. The lowest BCUT2D eigenvalue weighted by atomic mass is 10.1. The van der Waals surface area contributed by atoms with Gasteiger partial charge in [-0.25, -0.2) is 4.98 Å². The Labute approximate surface area is 95.4 Å². The Morgan fingerprint density at radius 3 is 2.56 bits per heavy atom. The van der Waals surface area contributed by atoms with Gasteiger partial charge in [0.05, 0.1) is 11.8 Å². The molecule has 5 nitrogen and oxygen atoms in total. The first kappa shape index (κ1) is 11.0. The molecule has 16 heavy (non-hydrogen) atoms. The van der Waals surface area contributed by atoms with Gasteiger partial charge in [0.15, 0.2) is 0 Å². The van der Waals surface area contributed by atoms with Crippen LogP contribution in [-0.4, -0.2) is 31.3 Å². The summed E-state index contributed by atoms with van der Waals surface area (Å²) in [6.07, 6.45) is 2.44. The van der Waals surface area contributed by atoms with Crippen molar-refractivity contribution in [3.8, 4) is 0 Å². The van der Waals surface area contributed by atoms with Crippen LogP contribution in [0.4, 0.5) is 17.3 Å². The highest BCUT2D eigenvalue weighted by molar-refractivity contribution is 5.62. The number of piperidine rings is 1. The smallest absolute Gasteiger partial charge is 0.149 e. The molecule has 1 aliphatic heterocycles. The fourth-order valence-electron chi connectivity index (χ4n) is 1.97. The maximum Gasteiger partial charge on any atom is 0.149 e. The van der Waals surface area contributed by atoms with E-state index < -0.39 is 0 Å². The lowest BCUT2D eigenvalue weighted by Crippen LogP contribution is -2.37. The van der Waals surface area contributed by atoms with E-state index in [9.17, 15) is 0 Å². The summed E-state index contributed by atoms with van der Waals surface area (Å²) >= 11 is 0. The first-order valence-corrected chi connectivity index (χ1v) is 5.50. The summed E-state index contributed by atoms with van der Waals surface area (Å²) in [5.74, 6) is 1.31. The average molecular weight is 222 g/mol. The van der Waals surface area contributed by atoms with E-state index >= 15 is 0 Å². The molecule has 2 heterocycles. The first-order chi connectivity index (χ1) is 7.70. The summed E-state index contributed by atoms with van der Waals surface area (Å²) < 4.78 is 5.33. The maximum atomic E-state index is 5.69. The number of anilines is 3. The lowest BCUT2D eigenvalue weighted by molar-refractivity contribution is 0.0818. The highest BCUT2D eigenvalue weighted by Crippen LogP contribution is 2.22. The fraction of sp³-hybridized carbons (Fsp3) is 0.545. The quantitative estimate of drug-likeness (QED) is 0.776. The molecule has 0 spiro atoms.